The number of hydrogen-bond acceptors (Lipinski definition) is 6. The molecule has 0 saturated carbocycles. The number of thiophene rings is 1. The molecule has 0 N–H and O–H groups in total. The Morgan fingerprint density at radius 1 is 1.50 bits per heavy atom. The lowest BCUT2D eigenvalue weighted by Crippen LogP contribution is -2.22. The van der Waals surface area contributed by atoms with Crippen molar-refractivity contribution >= 4 is 35.0 Å². The minimum Gasteiger partial charge on any atom is -0.280 e. The van der Waals surface area contributed by atoms with E-state index in [0.717, 1.165) is 9.89 Å². The molecule has 2 aromatic rings. The molecule has 0 atom stereocenters. The first kappa shape index (κ1) is 10.8. The van der Waals surface area contributed by atoms with Crippen molar-refractivity contribution in [1.29, 1.82) is 0 Å². The molecule has 18 heavy (non-hydrogen) atoms. The van der Waals surface area contributed by atoms with Gasteiger partial charge in [-0.25, -0.2) is 15.2 Å². The maximum Gasteiger partial charge on any atom is 0.239 e. The summed E-state index contributed by atoms with van der Waals surface area (Å²) >= 11 is 1.55. The lowest BCUT2D eigenvalue weighted by atomic mass is 10.1. The number of amides is 1. The van der Waals surface area contributed by atoms with E-state index in [-0.39, 0.29) is 11.9 Å². The maximum atomic E-state index is 12.2. The minimum atomic E-state index is -0.268. The first-order chi connectivity index (χ1) is 8.75. The number of tetrazole rings is 1. The Hall–Kier alpha value is -2.35. The number of hydrogen-bond donors (Lipinski definition) is 0. The zero-order chi connectivity index (χ0) is 12.5. The fourth-order valence-corrected chi connectivity index (χ4v) is 2.22. The Labute approximate surface area is 106 Å². The number of hydrazone groups is 1. The summed E-state index contributed by atoms with van der Waals surface area (Å²) in [5.74, 6) is -0.176. The third-order valence-corrected chi connectivity index (χ3v) is 3.21. The molecule has 90 valence electrons. The predicted octanol–water partition coefficient (Wildman–Crippen LogP) is 0.696. The van der Waals surface area contributed by atoms with Gasteiger partial charge in [0.05, 0.1) is 11.3 Å². The first-order valence-corrected chi connectivity index (χ1v) is 5.97. The Morgan fingerprint density at radius 3 is 3.06 bits per heavy atom. The van der Waals surface area contributed by atoms with Crippen LogP contribution in [-0.4, -0.2) is 27.1 Å². The molecule has 0 aromatic carbocycles. The highest BCUT2D eigenvalue weighted by atomic mass is 32.1. The molecule has 0 saturated heterocycles. The lowest BCUT2D eigenvalue weighted by Gasteiger charge is -2.12. The van der Waals surface area contributed by atoms with Gasteiger partial charge in [0.2, 0.25) is 5.91 Å². The van der Waals surface area contributed by atoms with E-state index in [9.17, 15) is 4.79 Å². The van der Waals surface area contributed by atoms with Crippen LogP contribution in [0.3, 0.4) is 0 Å². The Bertz CT molecular complexity index is 627. The lowest BCUT2D eigenvalue weighted by molar-refractivity contribution is -0.114. The van der Waals surface area contributed by atoms with Crippen LogP contribution in [0.15, 0.2) is 28.2 Å². The monoisotopic (exact) mass is 259 g/mol. The summed E-state index contributed by atoms with van der Waals surface area (Å²) in [5.41, 5.74) is 1.15. The molecule has 0 fully saturated rings. The van der Waals surface area contributed by atoms with Crippen LogP contribution in [0.5, 0.6) is 0 Å². The van der Waals surface area contributed by atoms with E-state index in [2.05, 4.69) is 25.7 Å². The molecule has 0 bridgehead atoms. The van der Waals surface area contributed by atoms with Crippen LogP contribution in [0.2, 0.25) is 0 Å². The standard InChI is InChI=1S/C10H7N6OS/c1-6-8(5-7-3-2-4-18-7)9(17)16(13-6)10-11-14-15-12-10/h2-5H,1H3/q-1/b8-5-. The maximum absolute atomic E-state index is 12.2. The zero-order valence-electron chi connectivity index (χ0n) is 9.31. The van der Waals surface area contributed by atoms with Crippen molar-refractivity contribution in [1.82, 2.24) is 20.6 Å². The van der Waals surface area contributed by atoms with Crippen molar-refractivity contribution < 1.29 is 4.79 Å². The Kier molecular flexibility index (Phi) is 2.49. The molecule has 1 aliphatic heterocycles. The largest absolute Gasteiger partial charge is 0.280 e. The average molecular weight is 259 g/mol. The highest BCUT2D eigenvalue weighted by Crippen LogP contribution is 2.22. The second-order valence-electron chi connectivity index (χ2n) is 3.55. The van der Waals surface area contributed by atoms with Gasteiger partial charge in [-0.3, -0.25) is 9.89 Å². The average Bonchev–Trinajstić information content (AvgIpc) is 3.06. The van der Waals surface area contributed by atoms with Gasteiger partial charge in [0.1, 0.15) is 5.95 Å². The molecule has 0 unspecified atom stereocenters. The number of anilines is 1. The van der Waals surface area contributed by atoms with E-state index < -0.39 is 0 Å². The fraction of sp³-hybridized carbons (Fsp3) is 0.100. The topological polar surface area (TPSA) is 85.4 Å². The SMILES string of the molecule is CC1=NN(c2nnn[n-]2)C(=O)/C1=C\c1cccs1. The second-order valence-corrected chi connectivity index (χ2v) is 4.53. The number of rotatable bonds is 2. The molecule has 3 rings (SSSR count). The van der Waals surface area contributed by atoms with Crippen LogP contribution in [0.1, 0.15) is 11.8 Å². The van der Waals surface area contributed by atoms with E-state index in [1.807, 2.05) is 17.5 Å². The Morgan fingerprint density at radius 2 is 2.39 bits per heavy atom. The van der Waals surface area contributed by atoms with Gasteiger partial charge in [-0.2, -0.15) is 5.21 Å². The summed E-state index contributed by atoms with van der Waals surface area (Å²) in [7, 11) is 0. The summed E-state index contributed by atoms with van der Waals surface area (Å²) in [6.45, 7) is 1.77. The molecular formula is C10H7N6OS-. The molecule has 2 aromatic heterocycles. The van der Waals surface area contributed by atoms with Gasteiger partial charge >= 0.3 is 0 Å². The molecule has 0 aliphatic carbocycles. The fourth-order valence-electron chi connectivity index (χ4n) is 1.56. The van der Waals surface area contributed by atoms with E-state index in [1.54, 1.807) is 24.3 Å². The third kappa shape index (κ3) is 1.72. The summed E-state index contributed by atoms with van der Waals surface area (Å²) in [4.78, 5) is 13.1. The van der Waals surface area contributed by atoms with Gasteiger partial charge in [-0.15, -0.1) is 16.6 Å². The van der Waals surface area contributed by atoms with E-state index in [1.165, 1.54) is 0 Å². The number of carbonyl (C=O) groups excluding carboxylic acids is 1. The van der Waals surface area contributed by atoms with Gasteiger partial charge in [0.25, 0.3) is 0 Å². The van der Waals surface area contributed by atoms with Crippen molar-refractivity contribution in [3.63, 3.8) is 0 Å². The van der Waals surface area contributed by atoms with Crippen LogP contribution in [0, 0.1) is 0 Å². The second kappa shape index (κ2) is 4.15. The molecule has 7 nitrogen and oxygen atoms in total. The van der Waals surface area contributed by atoms with Gasteiger partial charge in [-0.05, 0) is 24.4 Å². The van der Waals surface area contributed by atoms with Gasteiger partial charge in [0.15, 0.2) is 0 Å². The zero-order valence-corrected chi connectivity index (χ0v) is 10.1. The summed E-state index contributed by atoms with van der Waals surface area (Å²) in [5, 5.41) is 21.1. The number of nitrogens with zero attached hydrogens (tertiary/aromatic N) is 6. The molecule has 1 amide bonds. The molecule has 0 spiro atoms. The van der Waals surface area contributed by atoms with Crippen LogP contribution in [-0.2, 0) is 4.79 Å². The predicted molar refractivity (Wildman–Crippen MR) is 66.0 cm³/mol. The number of carbonyl (C=O) groups is 1. The third-order valence-electron chi connectivity index (χ3n) is 2.39. The smallest absolute Gasteiger partial charge is 0.239 e. The highest BCUT2D eigenvalue weighted by Gasteiger charge is 2.26. The van der Waals surface area contributed by atoms with E-state index in [0.29, 0.717) is 11.3 Å². The molecule has 3 heterocycles. The van der Waals surface area contributed by atoms with Crippen LogP contribution < -0.4 is 10.1 Å². The van der Waals surface area contributed by atoms with Crippen molar-refractivity contribution in [2.75, 3.05) is 5.01 Å². The Balaban J connectivity index is 1.96. The first-order valence-electron chi connectivity index (χ1n) is 5.09. The molecule has 8 heteroatoms. The summed E-state index contributed by atoms with van der Waals surface area (Å²) in [6, 6.07) is 3.86. The van der Waals surface area contributed by atoms with E-state index >= 15 is 0 Å². The van der Waals surface area contributed by atoms with Crippen molar-refractivity contribution in [2.45, 2.75) is 6.92 Å². The van der Waals surface area contributed by atoms with Gasteiger partial charge in [0, 0.05) is 4.88 Å². The molecule has 1 aliphatic rings. The summed E-state index contributed by atoms with van der Waals surface area (Å²) in [6.07, 6.45) is 1.80. The van der Waals surface area contributed by atoms with Gasteiger partial charge in [-0.1, -0.05) is 6.07 Å². The normalized spacial score (nSPS) is 17.6. The van der Waals surface area contributed by atoms with Crippen LogP contribution in [0.25, 0.3) is 6.08 Å². The van der Waals surface area contributed by atoms with E-state index in [4.69, 9.17) is 0 Å². The quantitative estimate of drug-likeness (QED) is 0.741. The summed E-state index contributed by atoms with van der Waals surface area (Å²) < 4.78 is 0. The van der Waals surface area contributed by atoms with Crippen LogP contribution >= 0.6 is 11.3 Å². The van der Waals surface area contributed by atoms with Crippen molar-refractivity contribution in [2.24, 2.45) is 5.10 Å². The minimum absolute atomic E-state index is 0.0916. The van der Waals surface area contributed by atoms with Crippen molar-refractivity contribution in [3.05, 3.63) is 28.0 Å². The molecular weight excluding hydrogens is 252 g/mol. The molecule has 0 radical (unpaired) electrons. The van der Waals surface area contributed by atoms with Gasteiger partial charge < -0.3 is 0 Å². The highest BCUT2D eigenvalue weighted by molar-refractivity contribution is 7.10. The van der Waals surface area contributed by atoms with Crippen molar-refractivity contribution in [3.8, 4) is 0 Å². The number of aromatic nitrogens is 4. The van der Waals surface area contributed by atoms with Crippen LogP contribution in [0.4, 0.5) is 5.95 Å².